The number of piperidine rings is 1. The zero-order valence-electron chi connectivity index (χ0n) is 11.9. The van der Waals surface area contributed by atoms with E-state index < -0.39 is 5.91 Å². The van der Waals surface area contributed by atoms with Crippen LogP contribution in [0.25, 0.3) is 0 Å². The number of nitrogens with one attached hydrogen (secondary N) is 3. The van der Waals surface area contributed by atoms with Crippen molar-refractivity contribution in [2.45, 2.75) is 44.6 Å². The summed E-state index contributed by atoms with van der Waals surface area (Å²) >= 11 is 0. The van der Waals surface area contributed by atoms with Gasteiger partial charge in [-0.05, 0) is 26.2 Å². The van der Waals surface area contributed by atoms with E-state index in [2.05, 4.69) is 20.6 Å². The zero-order valence-corrected chi connectivity index (χ0v) is 11.9. The van der Waals surface area contributed by atoms with Gasteiger partial charge in [0.15, 0.2) is 0 Å². The lowest BCUT2D eigenvalue weighted by molar-refractivity contribution is -0.122. The van der Waals surface area contributed by atoms with E-state index in [4.69, 9.17) is 0 Å². The van der Waals surface area contributed by atoms with Crippen molar-refractivity contribution in [2.75, 3.05) is 6.54 Å². The van der Waals surface area contributed by atoms with Crippen LogP contribution in [0.3, 0.4) is 0 Å². The second kappa shape index (κ2) is 5.31. The predicted octanol–water partition coefficient (Wildman–Crippen LogP) is -0.0359. The van der Waals surface area contributed by atoms with E-state index in [1.165, 1.54) is 0 Å². The Morgan fingerprint density at radius 3 is 2.62 bits per heavy atom. The fourth-order valence-electron chi connectivity index (χ4n) is 2.54. The lowest BCUT2D eigenvalue weighted by Gasteiger charge is -2.23. The Morgan fingerprint density at radius 1 is 1.29 bits per heavy atom. The van der Waals surface area contributed by atoms with E-state index >= 15 is 0 Å². The second-order valence-electron chi connectivity index (χ2n) is 5.70. The normalized spacial score (nSPS) is 21.8. The van der Waals surface area contributed by atoms with Crippen LogP contribution in [0.5, 0.6) is 0 Å². The third kappa shape index (κ3) is 2.96. The molecule has 1 saturated carbocycles. The molecule has 112 valence electrons. The molecule has 1 unspecified atom stereocenters. The maximum absolute atomic E-state index is 12.2. The van der Waals surface area contributed by atoms with Crippen LogP contribution in [0.1, 0.15) is 53.5 Å². The minimum Gasteiger partial charge on any atom is -0.354 e. The Kier molecular flexibility index (Phi) is 3.48. The fourth-order valence-corrected chi connectivity index (χ4v) is 2.54. The number of hydrogen-bond donors (Lipinski definition) is 3. The molecule has 0 spiro atoms. The number of H-pyrrole nitrogens is 1. The molecule has 3 rings (SSSR count). The van der Waals surface area contributed by atoms with Crippen LogP contribution in [0, 0.1) is 6.92 Å². The summed E-state index contributed by atoms with van der Waals surface area (Å²) in [5.41, 5.74) is 0.135. The van der Waals surface area contributed by atoms with Gasteiger partial charge in [0, 0.05) is 24.9 Å². The van der Waals surface area contributed by atoms with Crippen LogP contribution in [0.2, 0.25) is 0 Å². The number of hydrogen-bond acceptors (Lipinski definition) is 4. The van der Waals surface area contributed by atoms with Crippen molar-refractivity contribution in [1.29, 1.82) is 0 Å². The van der Waals surface area contributed by atoms with Gasteiger partial charge < -0.3 is 15.6 Å². The Morgan fingerprint density at radius 2 is 2.05 bits per heavy atom. The second-order valence-corrected chi connectivity index (χ2v) is 5.70. The molecule has 2 amide bonds. The number of rotatable bonds is 3. The summed E-state index contributed by atoms with van der Waals surface area (Å²) in [7, 11) is 0. The number of amides is 2. The SMILES string of the molecule is Cc1nc(C2CC2)[nH]c(=O)c1C(=O)NC1CCC(=O)NC1. The summed E-state index contributed by atoms with van der Waals surface area (Å²) in [6.07, 6.45) is 3.05. The molecule has 2 heterocycles. The van der Waals surface area contributed by atoms with Gasteiger partial charge in [0.25, 0.3) is 11.5 Å². The maximum atomic E-state index is 12.2. The van der Waals surface area contributed by atoms with Gasteiger partial charge in [0.05, 0.1) is 5.69 Å². The first-order valence-electron chi connectivity index (χ1n) is 7.23. The third-order valence-corrected chi connectivity index (χ3v) is 3.91. The first-order valence-corrected chi connectivity index (χ1v) is 7.23. The molecule has 1 aliphatic heterocycles. The highest BCUT2D eigenvalue weighted by Crippen LogP contribution is 2.37. The van der Waals surface area contributed by atoms with Crippen molar-refractivity contribution in [3.05, 3.63) is 27.4 Å². The summed E-state index contributed by atoms with van der Waals surface area (Å²) in [5, 5.41) is 5.48. The van der Waals surface area contributed by atoms with Gasteiger partial charge in [-0.1, -0.05) is 0 Å². The Bertz CT molecular complexity index is 638. The molecule has 7 nitrogen and oxygen atoms in total. The number of nitrogens with zero attached hydrogens (tertiary/aromatic N) is 1. The molecular formula is C14H18N4O3. The average molecular weight is 290 g/mol. The molecule has 2 aliphatic rings. The molecule has 21 heavy (non-hydrogen) atoms. The van der Waals surface area contributed by atoms with Crippen molar-refractivity contribution < 1.29 is 9.59 Å². The summed E-state index contributed by atoms with van der Waals surface area (Å²) in [4.78, 5) is 42.5. The molecule has 3 N–H and O–H groups in total. The van der Waals surface area contributed by atoms with Crippen molar-refractivity contribution in [3.8, 4) is 0 Å². The van der Waals surface area contributed by atoms with Gasteiger partial charge in [0.2, 0.25) is 5.91 Å². The topological polar surface area (TPSA) is 104 Å². The first kappa shape index (κ1) is 13.8. The third-order valence-electron chi connectivity index (χ3n) is 3.91. The van der Waals surface area contributed by atoms with Crippen molar-refractivity contribution >= 4 is 11.8 Å². The molecular weight excluding hydrogens is 272 g/mol. The monoisotopic (exact) mass is 290 g/mol. The zero-order chi connectivity index (χ0) is 15.0. The maximum Gasteiger partial charge on any atom is 0.264 e. The van der Waals surface area contributed by atoms with E-state index in [0.717, 1.165) is 12.8 Å². The van der Waals surface area contributed by atoms with Crippen molar-refractivity contribution in [2.24, 2.45) is 0 Å². The number of aromatic nitrogens is 2. The van der Waals surface area contributed by atoms with Gasteiger partial charge in [0.1, 0.15) is 11.4 Å². The lowest BCUT2D eigenvalue weighted by atomic mass is 10.1. The molecule has 1 saturated heterocycles. The predicted molar refractivity (Wildman–Crippen MR) is 75.1 cm³/mol. The molecule has 2 fully saturated rings. The summed E-state index contributed by atoms with van der Waals surface area (Å²) in [5.74, 6) is 0.579. The van der Waals surface area contributed by atoms with Gasteiger partial charge in [-0.3, -0.25) is 14.4 Å². The van der Waals surface area contributed by atoms with Crippen molar-refractivity contribution in [3.63, 3.8) is 0 Å². The Hall–Kier alpha value is -2.18. The largest absolute Gasteiger partial charge is 0.354 e. The highest BCUT2D eigenvalue weighted by molar-refractivity contribution is 5.95. The molecule has 1 aliphatic carbocycles. The highest BCUT2D eigenvalue weighted by atomic mass is 16.2. The van der Waals surface area contributed by atoms with E-state index in [0.29, 0.717) is 36.8 Å². The van der Waals surface area contributed by atoms with Crippen LogP contribution >= 0.6 is 0 Å². The minimum absolute atomic E-state index is 0.00928. The van der Waals surface area contributed by atoms with E-state index in [-0.39, 0.29) is 23.1 Å². The van der Waals surface area contributed by atoms with E-state index in [9.17, 15) is 14.4 Å². The van der Waals surface area contributed by atoms with Crippen LogP contribution in [-0.4, -0.2) is 34.4 Å². The van der Waals surface area contributed by atoms with Gasteiger partial charge in [-0.25, -0.2) is 4.98 Å². The smallest absolute Gasteiger partial charge is 0.264 e. The summed E-state index contributed by atoms with van der Waals surface area (Å²) < 4.78 is 0. The average Bonchev–Trinajstić information content (AvgIpc) is 3.25. The van der Waals surface area contributed by atoms with Crippen LogP contribution in [0.15, 0.2) is 4.79 Å². The molecule has 0 radical (unpaired) electrons. The quantitative estimate of drug-likeness (QED) is 0.726. The van der Waals surface area contributed by atoms with E-state index in [1.807, 2.05) is 0 Å². The van der Waals surface area contributed by atoms with Crippen molar-refractivity contribution in [1.82, 2.24) is 20.6 Å². The highest BCUT2D eigenvalue weighted by Gasteiger charge is 2.28. The van der Waals surface area contributed by atoms with Crippen LogP contribution in [0.4, 0.5) is 0 Å². The lowest BCUT2D eigenvalue weighted by Crippen LogP contribution is -2.48. The summed E-state index contributed by atoms with van der Waals surface area (Å²) in [6, 6.07) is -0.142. The van der Waals surface area contributed by atoms with Crippen LogP contribution < -0.4 is 16.2 Å². The number of carbonyl (C=O) groups is 2. The Balaban J connectivity index is 1.75. The van der Waals surface area contributed by atoms with Crippen LogP contribution in [-0.2, 0) is 4.79 Å². The number of aryl methyl sites for hydroxylation is 1. The standard InChI is InChI=1S/C14H18N4O3/c1-7-11(14(21)18-12(16-7)8-2-3-8)13(20)17-9-4-5-10(19)15-6-9/h8-9H,2-6H2,1H3,(H,15,19)(H,17,20)(H,16,18,21). The number of carbonyl (C=O) groups excluding carboxylic acids is 2. The van der Waals surface area contributed by atoms with E-state index in [1.54, 1.807) is 6.92 Å². The molecule has 1 atom stereocenters. The van der Waals surface area contributed by atoms with Gasteiger partial charge >= 0.3 is 0 Å². The first-order chi connectivity index (χ1) is 10.0. The Labute approximate surface area is 121 Å². The van der Waals surface area contributed by atoms with Gasteiger partial charge in [-0.2, -0.15) is 0 Å². The minimum atomic E-state index is -0.426. The number of aromatic amines is 1. The van der Waals surface area contributed by atoms with Gasteiger partial charge in [-0.15, -0.1) is 0 Å². The summed E-state index contributed by atoms with van der Waals surface area (Å²) in [6.45, 7) is 2.08. The molecule has 0 aromatic carbocycles. The molecule has 1 aromatic rings. The molecule has 0 bridgehead atoms. The molecule has 7 heteroatoms. The fraction of sp³-hybridized carbons (Fsp3) is 0.571. The molecule has 1 aromatic heterocycles.